The van der Waals surface area contributed by atoms with E-state index in [1.165, 1.54) is 0 Å². The van der Waals surface area contributed by atoms with Gasteiger partial charge in [0.2, 0.25) is 0 Å². The molecule has 0 fully saturated rings. The monoisotopic (exact) mass is 308 g/mol. The lowest BCUT2D eigenvalue weighted by atomic mass is 10.1. The molecule has 3 heteroatoms. The van der Waals surface area contributed by atoms with Crippen LogP contribution in [-0.2, 0) is 4.79 Å². The summed E-state index contributed by atoms with van der Waals surface area (Å²) >= 11 is 0. The Labute approximate surface area is 136 Å². The lowest BCUT2D eigenvalue weighted by Gasteiger charge is -2.13. The molecule has 0 spiro atoms. The third-order valence-corrected chi connectivity index (χ3v) is 3.25. The van der Waals surface area contributed by atoms with E-state index in [0.717, 1.165) is 28.5 Å². The van der Waals surface area contributed by atoms with Crippen molar-refractivity contribution in [3.63, 3.8) is 0 Å². The molecule has 2 aromatic carbocycles. The molecule has 0 bridgehead atoms. The Morgan fingerprint density at radius 1 is 1.04 bits per heavy atom. The van der Waals surface area contributed by atoms with Crippen LogP contribution in [0.2, 0.25) is 0 Å². The van der Waals surface area contributed by atoms with Crippen molar-refractivity contribution in [2.24, 2.45) is 0 Å². The van der Waals surface area contributed by atoms with Crippen LogP contribution in [0.5, 0.6) is 5.75 Å². The van der Waals surface area contributed by atoms with Crippen molar-refractivity contribution in [1.82, 2.24) is 0 Å². The van der Waals surface area contributed by atoms with Gasteiger partial charge in [-0.05, 0) is 43.2 Å². The predicted octanol–water partition coefficient (Wildman–Crippen LogP) is 4.71. The van der Waals surface area contributed by atoms with Gasteiger partial charge in [0.05, 0.1) is 0 Å². The molecule has 2 rings (SSSR count). The number of aliphatic carboxylic acids is 1. The first-order chi connectivity index (χ1) is 11.0. The van der Waals surface area contributed by atoms with Crippen LogP contribution >= 0.6 is 0 Å². The Morgan fingerprint density at radius 2 is 1.74 bits per heavy atom. The summed E-state index contributed by atoms with van der Waals surface area (Å²) in [4.78, 5) is 10.5. The van der Waals surface area contributed by atoms with Gasteiger partial charge in [-0.1, -0.05) is 54.1 Å². The van der Waals surface area contributed by atoms with E-state index >= 15 is 0 Å². The zero-order valence-electron chi connectivity index (χ0n) is 13.3. The summed E-state index contributed by atoms with van der Waals surface area (Å²) in [5.41, 5.74) is 3.09. The van der Waals surface area contributed by atoms with Gasteiger partial charge in [-0.15, -0.1) is 0 Å². The maximum atomic E-state index is 10.5. The van der Waals surface area contributed by atoms with Crippen molar-refractivity contribution in [1.29, 1.82) is 0 Å². The summed E-state index contributed by atoms with van der Waals surface area (Å²) in [6.07, 6.45) is 4.41. The zero-order valence-corrected chi connectivity index (χ0v) is 13.3. The van der Waals surface area contributed by atoms with E-state index in [-0.39, 0.29) is 6.10 Å². The van der Waals surface area contributed by atoms with Crippen molar-refractivity contribution < 1.29 is 14.6 Å². The minimum atomic E-state index is -0.957. The molecule has 1 N–H and O–H groups in total. The van der Waals surface area contributed by atoms with Crippen LogP contribution < -0.4 is 4.74 Å². The molecule has 0 amide bonds. The highest BCUT2D eigenvalue weighted by Gasteiger charge is 2.03. The molecule has 1 atom stereocenters. The summed E-state index contributed by atoms with van der Waals surface area (Å²) in [7, 11) is 0. The highest BCUT2D eigenvalue weighted by atomic mass is 16.5. The molecule has 23 heavy (non-hydrogen) atoms. The van der Waals surface area contributed by atoms with Crippen molar-refractivity contribution in [2.45, 2.75) is 20.0 Å². The second-order valence-electron chi connectivity index (χ2n) is 5.30. The van der Waals surface area contributed by atoms with Gasteiger partial charge in [-0.25, -0.2) is 4.79 Å². The van der Waals surface area contributed by atoms with Crippen molar-refractivity contribution in [3.8, 4) is 16.9 Å². The molecular weight excluding hydrogens is 288 g/mol. The Kier molecular flexibility index (Phi) is 5.75. The molecule has 0 aliphatic rings. The lowest BCUT2D eigenvalue weighted by Crippen LogP contribution is -2.08. The fourth-order valence-electron chi connectivity index (χ4n) is 2.26. The van der Waals surface area contributed by atoms with Crippen molar-refractivity contribution >= 4 is 5.97 Å². The van der Waals surface area contributed by atoms with Gasteiger partial charge in [0.1, 0.15) is 11.9 Å². The first-order valence-corrected chi connectivity index (χ1v) is 7.46. The van der Waals surface area contributed by atoms with Gasteiger partial charge >= 0.3 is 5.97 Å². The molecule has 0 radical (unpaired) electrons. The summed E-state index contributed by atoms with van der Waals surface area (Å²) < 4.78 is 5.90. The van der Waals surface area contributed by atoms with Gasteiger partial charge in [0, 0.05) is 6.08 Å². The van der Waals surface area contributed by atoms with Crippen LogP contribution in [0.4, 0.5) is 0 Å². The zero-order chi connectivity index (χ0) is 16.7. The number of ether oxygens (including phenoxy) is 1. The van der Waals surface area contributed by atoms with Gasteiger partial charge in [0.15, 0.2) is 0 Å². The molecule has 0 heterocycles. The highest BCUT2D eigenvalue weighted by Crippen LogP contribution is 2.24. The number of hydrogen-bond donors (Lipinski definition) is 1. The second kappa shape index (κ2) is 7.99. The third kappa shape index (κ3) is 5.47. The van der Waals surface area contributed by atoms with E-state index in [4.69, 9.17) is 9.84 Å². The Balaban J connectivity index is 2.08. The first-order valence-electron chi connectivity index (χ1n) is 7.46. The number of allylic oxidation sites excluding steroid dienone is 2. The minimum Gasteiger partial charge on any atom is -0.487 e. The van der Waals surface area contributed by atoms with E-state index < -0.39 is 5.97 Å². The topological polar surface area (TPSA) is 46.5 Å². The maximum absolute atomic E-state index is 10.5. The van der Waals surface area contributed by atoms with Crippen molar-refractivity contribution in [2.75, 3.05) is 0 Å². The summed E-state index contributed by atoms with van der Waals surface area (Å²) in [6, 6.07) is 18.0. The molecule has 0 saturated carbocycles. The number of benzene rings is 2. The normalized spacial score (nSPS) is 13.0. The highest BCUT2D eigenvalue weighted by molar-refractivity contribution is 5.80. The molecule has 0 aliphatic carbocycles. The van der Waals surface area contributed by atoms with Gasteiger partial charge in [-0.2, -0.15) is 0 Å². The van der Waals surface area contributed by atoms with E-state index in [1.54, 1.807) is 6.08 Å². The minimum absolute atomic E-state index is 0.153. The SMILES string of the molecule is CC(/C=C/C(=O)O)=C\C(C)Oc1cccc(-c2ccccc2)c1. The second-order valence-corrected chi connectivity index (χ2v) is 5.30. The van der Waals surface area contributed by atoms with E-state index in [0.29, 0.717) is 0 Å². The summed E-state index contributed by atoms with van der Waals surface area (Å²) in [5.74, 6) is -0.174. The summed E-state index contributed by atoms with van der Waals surface area (Å²) in [6.45, 7) is 3.77. The Bertz CT molecular complexity index is 715. The number of hydrogen-bond acceptors (Lipinski definition) is 2. The third-order valence-electron chi connectivity index (χ3n) is 3.25. The maximum Gasteiger partial charge on any atom is 0.328 e. The molecule has 0 saturated heterocycles. The van der Waals surface area contributed by atoms with Crippen LogP contribution in [0.1, 0.15) is 13.8 Å². The van der Waals surface area contributed by atoms with Gasteiger partial charge < -0.3 is 9.84 Å². The van der Waals surface area contributed by atoms with Crippen LogP contribution in [0.15, 0.2) is 78.4 Å². The Hall–Kier alpha value is -2.81. The lowest BCUT2D eigenvalue weighted by molar-refractivity contribution is -0.131. The van der Waals surface area contributed by atoms with Crippen LogP contribution in [-0.4, -0.2) is 17.2 Å². The quantitative estimate of drug-likeness (QED) is 0.621. The number of carbonyl (C=O) groups is 1. The van der Waals surface area contributed by atoms with E-state index in [1.807, 2.05) is 62.4 Å². The fraction of sp³-hybridized carbons (Fsp3) is 0.150. The summed E-state index contributed by atoms with van der Waals surface area (Å²) in [5, 5.41) is 8.63. The predicted molar refractivity (Wildman–Crippen MR) is 92.5 cm³/mol. The molecule has 0 aromatic heterocycles. The van der Waals surface area contributed by atoms with Crippen molar-refractivity contribution in [3.05, 3.63) is 78.4 Å². The van der Waals surface area contributed by atoms with Crippen LogP contribution in [0, 0.1) is 0 Å². The van der Waals surface area contributed by atoms with E-state index in [9.17, 15) is 4.79 Å². The van der Waals surface area contributed by atoms with E-state index in [2.05, 4.69) is 12.1 Å². The molecule has 118 valence electrons. The fourth-order valence-corrected chi connectivity index (χ4v) is 2.26. The number of carboxylic acid groups (broad SMARTS) is 1. The smallest absolute Gasteiger partial charge is 0.328 e. The molecule has 3 nitrogen and oxygen atoms in total. The molecular formula is C20H20O3. The Morgan fingerprint density at radius 3 is 2.43 bits per heavy atom. The molecule has 2 aromatic rings. The number of carboxylic acids is 1. The number of rotatable bonds is 6. The standard InChI is InChI=1S/C20H20O3/c1-15(11-12-20(21)22)13-16(2)23-19-10-6-9-18(14-19)17-7-4-3-5-8-17/h3-14,16H,1-2H3,(H,21,22)/b12-11+,15-13+. The molecule has 1 unspecified atom stereocenters. The average molecular weight is 308 g/mol. The van der Waals surface area contributed by atoms with Crippen LogP contribution in [0.25, 0.3) is 11.1 Å². The average Bonchev–Trinajstić information content (AvgIpc) is 2.54. The first kappa shape index (κ1) is 16.6. The van der Waals surface area contributed by atoms with Gasteiger partial charge in [0.25, 0.3) is 0 Å². The van der Waals surface area contributed by atoms with Gasteiger partial charge in [-0.3, -0.25) is 0 Å². The van der Waals surface area contributed by atoms with Crippen LogP contribution in [0.3, 0.4) is 0 Å². The molecule has 0 aliphatic heterocycles. The largest absolute Gasteiger partial charge is 0.487 e.